The minimum atomic E-state index is 0.962. The lowest BCUT2D eigenvalue weighted by Crippen LogP contribution is -1.93. The second-order valence-corrected chi connectivity index (χ2v) is 5.64. The Bertz CT molecular complexity index is 1100. The normalized spacial score (nSPS) is 11.5. The van der Waals surface area contributed by atoms with Crippen molar-refractivity contribution in [2.45, 2.75) is 48.0 Å². The number of para-hydroxylation sites is 1. The molecule has 0 unspecified atom stereocenters. The summed E-state index contributed by atoms with van der Waals surface area (Å²) in [6, 6.07) is 17.1. The molecule has 4 aromatic rings. The van der Waals surface area contributed by atoms with Gasteiger partial charge in [0.05, 0.1) is 16.9 Å². The maximum absolute atomic E-state index is 4.92. The Labute approximate surface area is 169 Å². The van der Waals surface area contributed by atoms with E-state index in [-0.39, 0.29) is 0 Å². The van der Waals surface area contributed by atoms with Crippen molar-refractivity contribution in [2.24, 2.45) is 0 Å². The van der Waals surface area contributed by atoms with Crippen LogP contribution in [0.15, 0.2) is 60.7 Å². The van der Waals surface area contributed by atoms with Gasteiger partial charge in [0.15, 0.2) is 0 Å². The van der Waals surface area contributed by atoms with Crippen molar-refractivity contribution in [3.63, 3.8) is 0 Å². The average Bonchev–Trinajstić information content (AvgIpc) is 3.01. The molecule has 146 valence electrons. The van der Waals surface area contributed by atoms with Crippen molar-refractivity contribution >= 4 is 39.5 Å². The molecule has 0 amide bonds. The number of fused-ring (bicyclic) bond motifs is 8. The molecule has 2 aromatic heterocycles. The molecule has 0 saturated heterocycles. The lowest BCUT2D eigenvalue weighted by Gasteiger charge is -2.09. The van der Waals surface area contributed by atoms with Crippen LogP contribution in [0, 0.1) is 0 Å². The predicted octanol–water partition coefficient (Wildman–Crippen LogP) is 8.15. The number of benzene rings is 2. The summed E-state index contributed by atoms with van der Waals surface area (Å²) < 4.78 is 2.29. The number of pyridine rings is 1. The molecular weight excluding hydrogens is 340 g/mol. The van der Waals surface area contributed by atoms with E-state index in [9.17, 15) is 0 Å². The molecular formula is C26H32N2. The molecule has 1 aliphatic carbocycles. The summed E-state index contributed by atoms with van der Waals surface area (Å²) >= 11 is 0. The molecule has 2 heteroatoms. The van der Waals surface area contributed by atoms with Crippen LogP contribution in [0.4, 0.5) is 0 Å². The first-order chi connectivity index (χ1) is 13.9. The quantitative estimate of drug-likeness (QED) is 0.285. The van der Waals surface area contributed by atoms with Gasteiger partial charge in [0.2, 0.25) is 0 Å². The van der Waals surface area contributed by atoms with E-state index in [0.29, 0.717) is 0 Å². The molecule has 0 saturated carbocycles. The van der Waals surface area contributed by atoms with E-state index in [4.69, 9.17) is 4.98 Å². The van der Waals surface area contributed by atoms with Crippen LogP contribution in [-0.2, 0) is 0 Å². The number of rotatable bonds is 0. The number of aromatic nitrogens is 2. The standard InChI is InChI=1S/C20H14N2.3C2H6/c1-2-11-17-19(13-3-1)22-18-12-7-6-9-15(18)14-8-4-5-10-16(14)20(22)21-17;3*1-2/h2-13H,1H2;3*1-2H3. The van der Waals surface area contributed by atoms with Gasteiger partial charge in [-0.15, -0.1) is 0 Å². The fourth-order valence-corrected chi connectivity index (χ4v) is 3.40. The summed E-state index contributed by atoms with van der Waals surface area (Å²) in [7, 11) is 0. The Morgan fingerprint density at radius 2 is 1.25 bits per heavy atom. The first-order valence-corrected chi connectivity index (χ1v) is 10.6. The van der Waals surface area contributed by atoms with Gasteiger partial charge >= 0.3 is 0 Å². The Morgan fingerprint density at radius 3 is 1.96 bits per heavy atom. The highest BCUT2D eigenvalue weighted by Gasteiger charge is 2.15. The van der Waals surface area contributed by atoms with E-state index >= 15 is 0 Å². The second kappa shape index (κ2) is 10.5. The molecule has 0 aliphatic heterocycles. The number of nitrogens with zero attached hydrogens (tertiary/aromatic N) is 2. The Kier molecular flexibility index (Phi) is 8.01. The van der Waals surface area contributed by atoms with Gasteiger partial charge < -0.3 is 0 Å². The van der Waals surface area contributed by atoms with Gasteiger partial charge in [-0.05, 0) is 30.0 Å². The predicted molar refractivity (Wildman–Crippen MR) is 127 cm³/mol. The zero-order chi connectivity index (χ0) is 20.5. The fraction of sp³-hybridized carbons (Fsp3) is 0.269. The molecule has 0 bridgehead atoms. The lowest BCUT2D eigenvalue weighted by molar-refractivity contribution is 1.24. The molecule has 2 nitrogen and oxygen atoms in total. The maximum atomic E-state index is 4.92. The number of allylic oxidation sites excluding steroid dienone is 2. The zero-order valence-corrected chi connectivity index (χ0v) is 18.0. The van der Waals surface area contributed by atoms with Crippen molar-refractivity contribution < 1.29 is 0 Å². The van der Waals surface area contributed by atoms with Gasteiger partial charge in [-0.1, -0.05) is 96.2 Å². The van der Waals surface area contributed by atoms with E-state index in [1.165, 1.54) is 27.4 Å². The summed E-state index contributed by atoms with van der Waals surface area (Å²) in [5.74, 6) is 0. The zero-order valence-electron chi connectivity index (χ0n) is 18.0. The molecule has 0 N–H and O–H groups in total. The van der Waals surface area contributed by atoms with Crippen molar-refractivity contribution in [3.05, 3.63) is 72.1 Å². The van der Waals surface area contributed by atoms with Crippen molar-refractivity contribution in [3.8, 4) is 0 Å². The Balaban J connectivity index is 0.000000430. The summed E-state index contributed by atoms with van der Waals surface area (Å²) in [6.07, 6.45) is 9.64. The summed E-state index contributed by atoms with van der Waals surface area (Å²) in [5.41, 5.74) is 4.47. The van der Waals surface area contributed by atoms with Gasteiger partial charge in [-0.2, -0.15) is 0 Å². The third-order valence-electron chi connectivity index (χ3n) is 4.37. The third kappa shape index (κ3) is 3.73. The van der Waals surface area contributed by atoms with Crippen LogP contribution in [0.5, 0.6) is 0 Å². The van der Waals surface area contributed by atoms with E-state index < -0.39 is 0 Å². The van der Waals surface area contributed by atoms with Crippen molar-refractivity contribution in [2.75, 3.05) is 0 Å². The number of imidazole rings is 1. The van der Waals surface area contributed by atoms with Crippen molar-refractivity contribution in [1.82, 2.24) is 9.38 Å². The topological polar surface area (TPSA) is 17.3 Å². The largest absolute Gasteiger partial charge is 0.292 e. The lowest BCUT2D eigenvalue weighted by atomic mass is 10.1. The molecule has 1 aliphatic rings. The summed E-state index contributed by atoms with van der Waals surface area (Å²) in [4.78, 5) is 4.92. The number of hydrogen-bond acceptors (Lipinski definition) is 1. The highest BCUT2D eigenvalue weighted by atomic mass is 15.0. The minimum Gasteiger partial charge on any atom is -0.292 e. The van der Waals surface area contributed by atoms with Crippen molar-refractivity contribution in [1.29, 1.82) is 0 Å². The van der Waals surface area contributed by atoms with Crippen LogP contribution >= 0.6 is 0 Å². The smallest absolute Gasteiger partial charge is 0.146 e. The monoisotopic (exact) mass is 372 g/mol. The molecule has 2 aromatic carbocycles. The molecule has 0 radical (unpaired) electrons. The SMILES string of the molecule is C1=Cc2nc3c4ccccc4c4ccccc4n3c2C=CC1.CC.CC.CC. The van der Waals surface area contributed by atoms with Crippen LogP contribution in [0.3, 0.4) is 0 Å². The van der Waals surface area contributed by atoms with Gasteiger partial charge in [-0.3, -0.25) is 4.40 Å². The molecule has 0 atom stereocenters. The third-order valence-corrected chi connectivity index (χ3v) is 4.37. The molecule has 0 fully saturated rings. The van der Waals surface area contributed by atoms with Gasteiger partial charge in [-0.25, -0.2) is 4.98 Å². The van der Waals surface area contributed by atoms with Crippen LogP contribution in [0.1, 0.15) is 59.4 Å². The van der Waals surface area contributed by atoms with E-state index in [2.05, 4.69) is 77.2 Å². The Hall–Kier alpha value is -2.87. The van der Waals surface area contributed by atoms with E-state index in [0.717, 1.165) is 17.8 Å². The maximum Gasteiger partial charge on any atom is 0.146 e. The number of hydrogen-bond donors (Lipinski definition) is 0. The second-order valence-electron chi connectivity index (χ2n) is 5.64. The molecule has 5 rings (SSSR count). The first kappa shape index (κ1) is 21.4. The highest BCUT2D eigenvalue weighted by molar-refractivity contribution is 6.12. The average molecular weight is 373 g/mol. The van der Waals surface area contributed by atoms with Crippen LogP contribution < -0.4 is 0 Å². The Morgan fingerprint density at radius 1 is 0.679 bits per heavy atom. The van der Waals surface area contributed by atoms with E-state index in [1.54, 1.807) is 0 Å². The molecule has 28 heavy (non-hydrogen) atoms. The molecule has 0 spiro atoms. The summed E-state index contributed by atoms with van der Waals surface area (Å²) in [5, 5.41) is 3.74. The van der Waals surface area contributed by atoms with Crippen LogP contribution in [0.2, 0.25) is 0 Å². The van der Waals surface area contributed by atoms with Crippen LogP contribution in [0.25, 0.3) is 39.5 Å². The minimum absolute atomic E-state index is 0.962. The summed E-state index contributed by atoms with van der Waals surface area (Å²) in [6.45, 7) is 12.0. The fourth-order valence-electron chi connectivity index (χ4n) is 3.40. The highest BCUT2D eigenvalue weighted by Crippen LogP contribution is 2.32. The van der Waals surface area contributed by atoms with Gasteiger partial charge in [0, 0.05) is 10.8 Å². The van der Waals surface area contributed by atoms with Gasteiger partial charge in [0.1, 0.15) is 5.65 Å². The van der Waals surface area contributed by atoms with Crippen LogP contribution in [-0.4, -0.2) is 9.38 Å². The molecule has 2 heterocycles. The first-order valence-electron chi connectivity index (χ1n) is 10.6. The van der Waals surface area contributed by atoms with E-state index in [1.807, 2.05) is 41.5 Å². The van der Waals surface area contributed by atoms with Gasteiger partial charge in [0.25, 0.3) is 0 Å².